The number of nitrogens with one attached hydrogen (secondary N) is 3. The molecule has 1 aromatic heterocycles. The predicted molar refractivity (Wildman–Crippen MR) is 190 cm³/mol. The van der Waals surface area contributed by atoms with Crippen LogP contribution in [0.3, 0.4) is 0 Å². The third-order valence-electron chi connectivity index (χ3n) is 7.85. The molecule has 266 valence electrons. The number of carbonyl (C=O) groups is 5. The van der Waals surface area contributed by atoms with Gasteiger partial charge >= 0.3 is 17.8 Å². The summed E-state index contributed by atoms with van der Waals surface area (Å²) in [4.78, 5) is 69.1. The second kappa shape index (κ2) is 15.9. The van der Waals surface area contributed by atoms with E-state index in [2.05, 4.69) is 36.4 Å². The molecule has 0 aliphatic carbocycles. The molecule has 1 atom stereocenters. The van der Waals surface area contributed by atoms with Crippen molar-refractivity contribution < 1.29 is 28.7 Å². The van der Waals surface area contributed by atoms with Crippen LogP contribution in [-0.2, 0) is 30.3 Å². The number of carbonyl (C=O) groups excluding carboxylic acids is 5. The van der Waals surface area contributed by atoms with Crippen molar-refractivity contribution >= 4 is 58.3 Å². The summed E-state index contributed by atoms with van der Waals surface area (Å²) < 4.78 is 6.69. The van der Waals surface area contributed by atoms with E-state index in [1.165, 1.54) is 41.3 Å². The second-order valence-corrected chi connectivity index (χ2v) is 13.2. The number of amides is 4. The molecule has 0 bridgehead atoms. The standard InChI is InChI=1S/C35H38ClN9O6/c1-5-43-16-17-44(30(46)20-43)26-13-6-22(7-14-26)18-28(31(47)38-25-11-8-23(9-12-25)34(50)51-35(2,3)4)40-33(49)32(48)39-27-19-24(36)10-15-29(27)45-21-37-41-42-45/h6-15,19,21,28H,5,16-18,20H2,1-4H3,(H,38,47)(H,39,48)(H,40,49). The zero-order valence-electron chi connectivity index (χ0n) is 28.6. The van der Waals surface area contributed by atoms with Gasteiger partial charge in [0.15, 0.2) is 0 Å². The van der Waals surface area contributed by atoms with Crippen molar-refractivity contribution in [1.29, 1.82) is 0 Å². The molecule has 4 amide bonds. The number of hydrogen-bond donors (Lipinski definition) is 3. The lowest BCUT2D eigenvalue weighted by molar-refractivity contribution is -0.137. The fourth-order valence-corrected chi connectivity index (χ4v) is 5.43. The number of esters is 1. The van der Waals surface area contributed by atoms with E-state index in [0.717, 1.165) is 13.1 Å². The molecule has 3 aromatic carbocycles. The number of aromatic nitrogens is 4. The summed E-state index contributed by atoms with van der Waals surface area (Å²) >= 11 is 6.16. The van der Waals surface area contributed by atoms with Crippen LogP contribution in [-0.4, -0.2) is 92.5 Å². The fraction of sp³-hybridized carbons (Fsp3) is 0.314. The molecule has 1 unspecified atom stereocenters. The quantitative estimate of drug-likeness (QED) is 0.163. The monoisotopic (exact) mass is 715 g/mol. The van der Waals surface area contributed by atoms with Gasteiger partial charge in [0.2, 0.25) is 11.8 Å². The first-order valence-electron chi connectivity index (χ1n) is 16.2. The fourth-order valence-electron chi connectivity index (χ4n) is 5.26. The van der Waals surface area contributed by atoms with Crippen molar-refractivity contribution in [2.24, 2.45) is 0 Å². The zero-order valence-corrected chi connectivity index (χ0v) is 29.3. The number of rotatable bonds is 10. The molecule has 1 aliphatic heterocycles. The Balaban J connectivity index is 1.33. The number of hydrogen-bond acceptors (Lipinski definition) is 10. The number of tetrazole rings is 1. The summed E-state index contributed by atoms with van der Waals surface area (Å²) in [7, 11) is 0. The third-order valence-corrected chi connectivity index (χ3v) is 8.09. The van der Waals surface area contributed by atoms with Crippen LogP contribution >= 0.6 is 11.6 Å². The summed E-state index contributed by atoms with van der Waals surface area (Å²) in [6, 6.07) is 16.5. The Morgan fingerprint density at radius 3 is 2.29 bits per heavy atom. The van der Waals surface area contributed by atoms with E-state index in [4.69, 9.17) is 16.3 Å². The van der Waals surface area contributed by atoms with Gasteiger partial charge in [-0.05, 0) is 97.9 Å². The smallest absolute Gasteiger partial charge is 0.338 e. The van der Waals surface area contributed by atoms with Crippen LogP contribution in [0.1, 0.15) is 43.6 Å². The topological polar surface area (TPSA) is 181 Å². The van der Waals surface area contributed by atoms with Crippen molar-refractivity contribution in [2.45, 2.75) is 45.8 Å². The van der Waals surface area contributed by atoms with Crippen molar-refractivity contribution in [1.82, 2.24) is 30.4 Å². The Hall–Kier alpha value is -5.67. The van der Waals surface area contributed by atoms with Crippen LogP contribution in [0.25, 0.3) is 5.69 Å². The van der Waals surface area contributed by atoms with Gasteiger partial charge in [-0.3, -0.25) is 24.1 Å². The Labute approximate surface area is 299 Å². The minimum absolute atomic E-state index is 0.00568. The van der Waals surface area contributed by atoms with Gasteiger partial charge in [-0.15, -0.1) is 5.10 Å². The Morgan fingerprint density at radius 1 is 0.941 bits per heavy atom. The van der Waals surface area contributed by atoms with Crippen LogP contribution < -0.4 is 20.9 Å². The Bertz CT molecular complexity index is 1890. The van der Waals surface area contributed by atoms with Gasteiger partial charge in [-0.1, -0.05) is 30.7 Å². The van der Waals surface area contributed by atoms with Crippen LogP contribution in [0.2, 0.25) is 5.02 Å². The van der Waals surface area contributed by atoms with E-state index < -0.39 is 35.3 Å². The first-order valence-corrected chi connectivity index (χ1v) is 16.6. The Morgan fingerprint density at radius 2 is 1.67 bits per heavy atom. The van der Waals surface area contributed by atoms with Crippen molar-refractivity contribution in [2.75, 3.05) is 41.7 Å². The van der Waals surface area contributed by atoms with Gasteiger partial charge in [0.1, 0.15) is 18.0 Å². The molecule has 3 N–H and O–H groups in total. The lowest BCUT2D eigenvalue weighted by Gasteiger charge is -2.33. The molecule has 0 radical (unpaired) electrons. The van der Waals surface area contributed by atoms with Crippen LogP contribution in [0, 0.1) is 0 Å². The maximum atomic E-state index is 13.7. The van der Waals surface area contributed by atoms with Gasteiger partial charge in [-0.2, -0.15) is 4.68 Å². The molecule has 2 heterocycles. The molecular weight excluding hydrogens is 678 g/mol. The average Bonchev–Trinajstić information content (AvgIpc) is 3.63. The summed E-state index contributed by atoms with van der Waals surface area (Å²) in [5.74, 6) is -3.29. The number of nitrogens with zero attached hydrogens (tertiary/aromatic N) is 6. The molecule has 15 nitrogen and oxygen atoms in total. The summed E-state index contributed by atoms with van der Waals surface area (Å²) in [5.41, 5.74) is 1.85. The molecule has 1 saturated heterocycles. The zero-order chi connectivity index (χ0) is 36.7. The van der Waals surface area contributed by atoms with E-state index in [1.54, 1.807) is 62.1 Å². The SMILES string of the molecule is CCN1CCN(c2ccc(CC(NC(=O)C(=O)Nc3cc(Cl)ccc3-n3cnnn3)C(=O)Nc3ccc(C(=O)OC(C)(C)C)cc3)cc2)C(=O)C1. The van der Waals surface area contributed by atoms with Gasteiger partial charge in [-0.25, -0.2) is 4.79 Å². The number of halogens is 1. The minimum Gasteiger partial charge on any atom is -0.456 e. The van der Waals surface area contributed by atoms with E-state index in [1.807, 2.05) is 6.92 Å². The highest BCUT2D eigenvalue weighted by Gasteiger charge is 2.27. The normalized spacial score (nSPS) is 14.1. The minimum atomic E-state index is -1.22. The number of anilines is 3. The highest BCUT2D eigenvalue weighted by molar-refractivity contribution is 6.40. The predicted octanol–water partition coefficient (Wildman–Crippen LogP) is 3.24. The molecule has 51 heavy (non-hydrogen) atoms. The highest BCUT2D eigenvalue weighted by atomic mass is 35.5. The van der Waals surface area contributed by atoms with E-state index in [-0.39, 0.29) is 23.0 Å². The van der Waals surface area contributed by atoms with Gasteiger partial charge in [0, 0.05) is 35.9 Å². The van der Waals surface area contributed by atoms with E-state index in [9.17, 15) is 24.0 Å². The lowest BCUT2D eigenvalue weighted by Crippen LogP contribution is -2.50. The van der Waals surface area contributed by atoms with E-state index in [0.29, 0.717) is 41.3 Å². The second-order valence-electron chi connectivity index (χ2n) is 12.7. The van der Waals surface area contributed by atoms with Crippen molar-refractivity contribution in [3.05, 3.63) is 89.2 Å². The lowest BCUT2D eigenvalue weighted by atomic mass is 10.0. The molecule has 5 rings (SSSR count). The summed E-state index contributed by atoms with van der Waals surface area (Å²) in [5, 5.41) is 19.1. The molecule has 0 saturated carbocycles. The molecular formula is C35H38ClN9O6. The van der Waals surface area contributed by atoms with Gasteiger partial charge in [0.25, 0.3) is 0 Å². The largest absolute Gasteiger partial charge is 0.456 e. The van der Waals surface area contributed by atoms with Crippen LogP contribution in [0.5, 0.6) is 0 Å². The third kappa shape index (κ3) is 9.73. The van der Waals surface area contributed by atoms with Crippen molar-refractivity contribution in [3.63, 3.8) is 0 Å². The molecule has 4 aromatic rings. The van der Waals surface area contributed by atoms with Crippen LogP contribution in [0.15, 0.2) is 73.1 Å². The Kier molecular flexibility index (Phi) is 11.4. The summed E-state index contributed by atoms with van der Waals surface area (Å²) in [6.07, 6.45) is 1.32. The van der Waals surface area contributed by atoms with Gasteiger partial charge < -0.3 is 25.6 Å². The highest BCUT2D eigenvalue weighted by Crippen LogP contribution is 2.24. The molecule has 1 aliphatic rings. The maximum absolute atomic E-state index is 13.7. The number of benzene rings is 3. The molecule has 1 fully saturated rings. The molecule has 16 heteroatoms. The first-order chi connectivity index (χ1) is 24.3. The number of piperazine rings is 1. The summed E-state index contributed by atoms with van der Waals surface area (Å²) in [6.45, 7) is 9.73. The molecule has 0 spiro atoms. The van der Waals surface area contributed by atoms with Crippen molar-refractivity contribution in [3.8, 4) is 5.69 Å². The van der Waals surface area contributed by atoms with E-state index >= 15 is 0 Å². The van der Waals surface area contributed by atoms with Gasteiger partial charge in [0.05, 0.1) is 23.5 Å². The average molecular weight is 716 g/mol. The number of ether oxygens (including phenoxy) is 1. The van der Waals surface area contributed by atoms with Crippen LogP contribution in [0.4, 0.5) is 17.1 Å². The number of likely N-dealkylation sites (N-methyl/N-ethyl adjacent to an activating group) is 1. The maximum Gasteiger partial charge on any atom is 0.338 e. The first kappa shape index (κ1) is 36.6.